The number of anilines is 1. The molecule has 0 saturated heterocycles. The number of nitrogens with zero attached hydrogens (tertiary/aromatic N) is 1. The third kappa shape index (κ3) is 3.51. The van der Waals surface area contributed by atoms with Crippen LogP contribution < -0.4 is 16.2 Å². The first kappa shape index (κ1) is 13.0. The fraction of sp³-hybridized carbons (Fsp3) is 0.538. The first-order valence-electron chi connectivity index (χ1n) is 5.78. The highest BCUT2D eigenvalue weighted by Crippen LogP contribution is 2.22. The van der Waals surface area contributed by atoms with Crippen LogP contribution in [0.15, 0.2) is 24.3 Å². The molecule has 3 heteroatoms. The minimum atomic E-state index is 0.246. The molecular formula is C13H23N3. The summed E-state index contributed by atoms with van der Waals surface area (Å²) in [5.74, 6) is 6.22. The molecule has 0 aliphatic heterocycles. The Labute approximate surface area is 98.6 Å². The van der Waals surface area contributed by atoms with E-state index < -0.39 is 0 Å². The Bertz CT molecular complexity index is 303. The zero-order valence-corrected chi connectivity index (χ0v) is 10.7. The molecule has 0 saturated carbocycles. The van der Waals surface area contributed by atoms with E-state index in [-0.39, 0.29) is 6.04 Å². The van der Waals surface area contributed by atoms with E-state index >= 15 is 0 Å². The van der Waals surface area contributed by atoms with Gasteiger partial charge in [0.2, 0.25) is 0 Å². The first-order chi connectivity index (χ1) is 7.54. The summed E-state index contributed by atoms with van der Waals surface area (Å²) in [4.78, 5) is 2.09. The fourth-order valence-corrected chi connectivity index (χ4v) is 1.78. The molecule has 1 atom stereocenters. The van der Waals surface area contributed by atoms with Crippen molar-refractivity contribution < 1.29 is 0 Å². The van der Waals surface area contributed by atoms with Crippen LogP contribution in [0.1, 0.15) is 31.9 Å². The second-order valence-electron chi connectivity index (χ2n) is 4.83. The summed E-state index contributed by atoms with van der Waals surface area (Å²) in [6, 6.07) is 8.78. The van der Waals surface area contributed by atoms with Gasteiger partial charge in [0.1, 0.15) is 0 Å². The van der Waals surface area contributed by atoms with Gasteiger partial charge in [0.25, 0.3) is 0 Å². The summed E-state index contributed by atoms with van der Waals surface area (Å²) in [7, 11) is 4.09. The Morgan fingerprint density at radius 3 is 2.12 bits per heavy atom. The van der Waals surface area contributed by atoms with Gasteiger partial charge in [-0.1, -0.05) is 26.0 Å². The van der Waals surface area contributed by atoms with E-state index in [1.165, 1.54) is 11.3 Å². The van der Waals surface area contributed by atoms with E-state index in [2.05, 4.69) is 48.4 Å². The summed E-state index contributed by atoms with van der Waals surface area (Å²) in [6.45, 7) is 4.41. The number of benzene rings is 1. The van der Waals surface area contributed by atoms with Crippen molar-refractivity contribution in [3.63, 3.8) is 0 Å². The molecule has 0 spiro atoms. The lowest BCUT2D eigenvalue weighted by molar-refractivity contribution is 0.438. The lowest BCUT2D eigenvalue weighted by Crippen LogP contribution is -2.29. The van der Waals surface area contributed by atoms with Crippen LogP contribution in [0.3, 0.4) is 0 Å². The Hall–Kier alpha value is -1.06. The molecule has 3 N–H and O–H groups in total. The Balaban J connectivity index is 2.78. The maximum atomic E-state index is 5.59. The molecule has 3 nitrogen and oxygen atoms in total. The number of nitrogens with one attached hydrogen (secondary N) is 1. The van der Waals surface area contributed by atoms with Crippen molar-refractivity contribution in [3.8, 4) is 0 Å². The number of hydrazine groups is 1. The highest BCUT2D eigenvalue weighted by molar-refractivity contribution is 5.46. The van der Waals surface area contributed by atoms with E-state index in [0.717, 1.165) is 6.42 Å². The molecule has 0 aliphatic carbocycles. The molecular weight excluding hydrogens is 198 g/mol. The van der Waals surface area contributed by atoms with Crippen molar-refractivity contribution in [3.05, 3.63) is 29.8 Å². The number of nitrogens with two attached hydrogens (primary N) is 1. The monoisotopic (exact) mass is 221 g/mol. The maximum Gasteiger partial charge on any atom is 0.0462 e. The standard InChI is InChI=1S/C13H23N3/c1-10(2)9-13(15-14)11-5-7-12(8-6-11)16(3)4/h5-8,10,13,15H,9,14H2,1-4H3. The van der Waals surface area contributed by atoms with Gasteiger partial charge in [-0.15, -0.1) is 0 Å². The molecule has 0 bridgehead atoms. The number of hydrogen-bond acceptors (Lipinski definition) is 3. The van der Waals surface area contributed by atoms with Crippen LogP contribution >= 0.6 is 0 Å². The summed E-state index contributed by atoms with van der Waals surface area (Å²) in [5, 5.41) is 0. The quantitative estimate of drug-likeness (QED) is 0.592. The summed E-state index contributed by atoms with van der Waals surface area (Å²) in [5.41, 5.74) is 5.35. The maximum absolute atomic E-state index is 5.59. The predicted octanol–water partition coefficient (Wildman–Crippen LogP) is 2.30. The molecule has 1 unspecified atom stereocenters. The summed E-state index contributed by atoms with van der Waals surface area (Å²) in [6.07, 6.45) is 1.05. The van der Waals surface area contributed by atoms with Crippen LogP contribution in [-0.4, -0.2) is 14.1 Å². The van der Waals surface area contributed by atoms with Gasteiger partial charge in [-0.2, -0.15) is 0 Å². The topological polar surface area (TPSA) is 41.3 Å². The van der Waals surface area contributed by atoms with Crippen molar-refractivity contribution in [1.82, 2.24) is 5.43 Å². The molecule has 0 amide bonds. The molecule has 1 aromatic carbocycles. The second-order valence-corrected chi connectivity index (χ2v) is 4.83. The van der Waals surface area contributed by atoms with Crippen molar-refractivity contribution in [2.24, 2.45) is 11.8 Å². The molecule has 0 radical (unpaired) electrons. The van der Waals surface area contributed by atoms with E-state index in [0.29, 0.717) is 5.92 Å². The van der Waals surface area contributed by atoms with Gasteiger partial charge in [-0.3, -0.25) is 11.3 Å². The lowest BCUT2D eigenvalue weighted by Gasteiger charge is -2.20. The largest absolute Gasteiger partial charge is 0.378 e. The highest BCUT2D eigenvalue weighted by atomic mass is 15.2. The van der Waals surface area contributed by atoms with Gasteiger partial charge in [-0.05, 0) is 30.0 Å². The first-order valence-corrected chi connectivity index (χ1v) is 5.78. The number of rotatable bonds is 5. The summed E-state index contributed by atoms with van der Waals surface area (Å²) < 4.78 is 0. The zero-order valence-electron chi connectivity index (χ0n) is 10.7. The molecule has 1 rings (SSSR count). The fourth-order valence-electron chi connectivity index (χ4n) is 1.78. The van der Waals surface area contributed by atoms with E-state index in [1.54, 1.807) is 0 Å². The molecule has 0 heterocycles. The van der Waals surface area contributed by atoms with Crippen molar-refractivity contribution in [2.75, 3.05) is 19.0 Å². The Kier molecular flexibility index (Phi) is 4.77. The highest BCUT2D eigenvalue weighted by Gasteiger charge is 2.11. The third-order valence-corrected chi connectivity index (χ3v) is 2.72. The second kappa shape index (κ2) is 5.87. The van der Waals surface area contributed by atoms with Crippen LogP contribution in [0.5, 0.6) is 0 Å². The van der Waals surface area contributed by atoms with Gasteiger partial charge in [0.05, 0.1) is 0 Å². The molecule has 16 heavy (non-hydrogen) atoms. The van der Waals surface area contributed by atoms with Gasteiger partial charge in [0, 0.05) is 25.8 Å². The minimum Gasteiger partial charge on any atom is -0.378 e. The Morgan fingerprint density at radius 1 is 1.19 bits per heavy atom. The molecule has 90 valence electrons. The molecule has 0 fully saturated rings. The van der Waals surface area contributed by atoms with E-state index in [9.17, 15) is 0 Å². The molecule has 0 aromatic heterocycles. The SMILES string of the molecule is CC(C)CC(NN)c1ccc(N(C)C)cc1. The van der Waals surface area contributed by atoms with Gasteiger partial charge in [-0.25, -0.2) is 0 Å². The van der Waals surface area contributed by atoms with Crippen LogP contribution in [0, 0.1) is 5.92 Å². The zero-order chi connectivity index (χ0) is 12.1. The molecule has 0 aliphatic rings. The van der Waals surface area contributed by atoms with Gasteiger partial charge < -0.3 is 4.90 Å². The third-order valence-electron chi connectivity index (χ3n) is 2.72. The van der Waals surface area contributed by atoms with Crippen LogP contribution in [0.4, 0.5) is 5.69 Å². The lowest BCUT2D eigenvalue weighted by atomic mass is 9.97. The van der Waals surface area contributed by atoms with E-state index in [4.69, 9.17) is 5.84 Å². The Morgan fingerprint density at radius 2 is 1.75 bits per heavy atom. The average molecular weight is 221 g/mol. The minimum absolute atomic E-state index is 0.246. The normalized spacial score (nSPS) is 12.9. The average Bonchev–Trinajstić information content (AvgIpc) is 2.25. The molecule has 1 aromatic rings. The van der Waals surface area contributed by atoms with E-state index in [1.807, 2.05) is 14.1 Å². The van der Waals surface area contributed by atoms with Crippen molar-refractivity contribution in [2.45, 2.75) is 26.3 Å². The van der Waals surface area contributed by atoms with Crippen molar-refractivity contribution in [1.29, 1.82) is 0 Å². The van der Waals surface area contributed by atoms with Crippen LogP contribution in [-0.2, 0) is 0 Å². The number of hydrogen-bond donors (Lipinski definition) is 2. The predicted molar refractivity (Wildman–Crippen MR) is 70.3 cm³/mol. The van der Waals surface area contributed by atoms with Gasteiger partial charge >= 0.3 is 0 Å². The summed E-state index contributed by atoms with van der Waals surface area (Å²) >= 11 is 0. The van der Waals surface area contributed by atoms with Crippen molar-refractivity contribution >= 4 is 5.69 Å². The van der Waals surface area contributed by atoms with Gasteiger partial charge in [0.15, 0.2) is 0 Å². The smallest absolute Gasteiger partial charge is 0.0462 e. The van der Waals surface area contributed by atoms with Crippen LogP contribution in [0.2, 0.25) is 0 Å². The van der Waals surface area contributed by atoms with Crippen LogP contribution in [0.25, 0.3) is 0 Å².